The number of ether oxygens (including phenoxy) is 1. The number of primary amides is 1. The molecule has 244 valence electrons. The van der Waals surface area contributed by atoms with Crippen LogP contribution in [-0.4, -0.2) is 55.4 Å². The highest BCUT2D eigenvalue weighted by atomic mass is 16.5. The van der Waals surface area contributed by atoms with Gasteiger partial charge in [-0.05, 0) is 44.6 Å². The molecule has 10 nitrogen and oxygen atoms in total. The van der Waals surface area contributed by atoms with Crippen molar-refractivity contribution in [2.24, 2.45) is 17.1 Å². The van der Waals surface area contributed by atoms with Gasteiger partial charge in [0.1, 0.15) is 17.9 Å². The standard InChI is InChI=1S/C20H26N4O3.C6H14O.C5H11NO.C2H6/c1-5-16(25)23-19-17-18(13-9-7-8-10-14(13)21-19)24(12-20(3,4)26)15(22-17)11-27-6-2;1-6(2,3)4-5-7;1-4(2)3-5(6)7;1-2/h7-10,26H,5-6,11-12H2,1-4H3,(H,21,23,25);7H,4-5H2,1-3H3;4H,3H2,1-2H3,(H2,6,7);1-2H3. The maximum Gasteiger partial charge on any atom is 0.225 e. The Morgan fingerprint density at radius 3 is 2.09 bits per heavy atom. The number of nitrogens with zero attached hydrogens (tertiary/aromatic N) is 3. The summed E-state index contributed by atoms with van der Waals surface area (Å²) in [5, 5.41) is 22.6. The number of carbonyl (C=O) groups is 2. The maximum atomic E-state index is 12.0. The fraction of sp³-hybridized carbons (Fsp3) is 0.636. The minimum atomic E-state index is -0.939. The molecule has 0 aliphatic carbocycles. The van der Waals surface area contributed by atoms with Crippen LogP contribution in [0.15, 0.2) is 24.3 Å². The minimum absolute atomic E-state index is 0.123. The van der Waals surface area contributed by atoms with Crippen LogP contribution in [-0.2, 0) is 27.5 Å². The van der Waals surface area contributed by atoms with Crippen LogP contribution in [0.25, 0.3) is 21.9 Å². The normalized spacial score (nSPS) is 11.2. The van der Waals surface area contributed by atoms with E-state index in [0.29, 0.717) is 67.7 Å². The summed E-state index contributed by atoms with van der Waals surface area (Å²) in [6, 6.07) is 7.73. The Hall–Kier alpha value is -3.08. The average molecular weight is 604 g/mol. The smallest absolute Gasteiger partial charge is 0.225 e. The van der Waals surface area contributed by atoms with Crippen LogP contribution < -0.4 is 11.1 Å². The first-order valence-corrected chi connectivity index (χ1v) is 15.3. The molecule has 10 heteroatoms. The second-order valence-electron chi connectivity index (χ2n) is 12.2. The van der Waals surface area contributed by atoms with Gasteiger partial charge in [0, 0.05) is 31.4 Å². The number of benzene rings is 1. The number of aromatic nitrogens is 3. The molecule has 2 amide bonds. The van der Waals surface area contributed by atoms with Gasteiger partial charge in [-0.3, -0.25) is 9.59 Å². The zero-order valence-electron chi connectivity index (χ0n) is 28.4. The number of pyridine rings is 1. The van der Waals surface area contributed by atoms with E-state index in [0.717, 1.165) is 22.8 Å². The number of fused-ring (bicyclic) bond motifs is 3. The van der Waals surface area contributed by atoms with Crippen LogP contribution in [0.3, 0.4) is 0 Å². The number of carbonyl (C=O) groups excluding carboxylic acids is 2. The number of rotatable bonds is 10. The van der Waals surface area contributed by atoms with Gasteiger partial charge in [0.2, 0.25) is 11.8 Å². The van der Waals surface area contributed by atoms with Crippen molar-refractivity contribution in [3.05, 3.63) is 30.1 Å². The third-order valence-corrected chi connectivity index (χ3v) is 5.69. The zero-order chi connectivity index (χ0) is 33.4. The molecule has 2 aromatic heterocycles. The van der Waals surface area contributed by atoms with E-state index in [2.05, 4.69) is 31.1 Å². The third-order valence-electron chi connectivity index (χ3n) is 5.69. The Morgan fingerprint density at radius 1 is 1.07 bits per heavy atom. The lowest BCUT2D eigenvalue weighted by molar-refractivity contribution is -0.118. The molecule has 0 radical (unpaired) electrons. The predicted molar refractivity (Wildman–Crippen MR) is 177 cm³/mol. The first-order valence-electron chi connectivity index (χ1n) is 15.3. The van der Waals surface area contributed by atoms with Gasteiger partial charge in [0.15, 0.2) is 5.82 Å². The van der Waals surface area contributed by atoms with Gasteiger partial charge in [-0.15, -0.1) is 0 Å². The molecule has 0 atom stereocenters. The SMILES string of the molecule is CC.CC(C)(C)CCO.CC(C)CC(N)=O.CCOCc1nc2c(NC(=O)CC)nc3ccccc3c2n1CC(C)(C)O. The van der Waals surface area contributed by atoms with E-state index >= 15 is 0 Å². The Bertz CT molecular complexity index is 1260. The number of nitrogens with one attached hydrogen (secondary N) is 1. The first-order chi connectivity index (χ1) is 20.0. The molecule has 0 aliphatic rings. The van der Waals surface area contributed by atoms with E-state index in [4.69, 9.17) is 20.6 Å². The maximum absolute atomic E-state index is 12.0. The minimum Gasteiger partial charge on any atom is -0.396 e. The van der Waals surface area contributed by atoms with Crippen molar-refractivity contribution >= 4 is 39.6 Å². The van der Waals surface area contributed by atoms with Crippen LogP contribution in [0.5, 0.6) is 0 Å². The van der Waals surface area contributed by atoms with E-state index in [9.17, 15) is 14.7 Å². The lowest BCUT2D eigenvalue weighted by atomic mass is 9.93. The Labute approximate surface area is 258 Å². The molecule has 0 unspecified atom stereocenters. The summed E-state index contributed by atoms with van der Waals surface area (Å²) < 4.78 is 7.55. The third kappa shape index (κ3) is 15.3. The molecule has 0 aliphatic heterocycles. The second-order valence-corrected chi connectivity index (χ2v) is 12.2. The number of anilines is 1. The lowest BCUT2D eigenvalue weighted by Crippen LogP contribution is -2.27. The van der Waals surface area contributed by atoms with Crippen LogP contribution >= 0.6 is 0 Å². The summed E-state index contributed by atoms with van der Waals surface area (Å²) in [6.07, 6.45) is 1.75. The number of amides is 2. The van der Waals surface area contributed by atoms with E-state index in [1.54, 1.807) is 20.8 Å². The van der Waals surface area contributed by atoms with Crippen LogP contribution in [0.2, 0.25) is 0 Å². The van der Waals surface area contributed by atoms with Crippen molar-refractivity contribution in [2.75, 3.05) is 18.5 Å². The van der Waals surface area contributed by atoms with Gasteiger partial charge in [-0.25, -0.2) is 9.97 Å². The van der Waals surface area contributed by atoms with E-state index in [1.807, 2.05) is 63.5 Å². The molecule has 3 rings (SSSR count). The molecular formula is C33H57N5O5. The number of imidazole rings is 1. The molecule has 0 saturated heterocycles. The number of aliphatic hydroxyl groups excluding tert-OH is 1. The number of hydrogen-bond donors (Lipinski definition) is 4. The van der Waals surface area contributed by atoms with Crippen molar-refractivity contribution in [3.8, 4) is 0 Å². The lowest BCUT2D eigenvalue weighted by Gasteiger charge is -2.20. The monoisotopic (exact) mass is 603 g/mol. The molecule has 0 fully saturated rings. The van der Waals surface area contributed by atoms with Gasteiger partial charge in [0.25, 0.3) is 0 Å². The van der Waals surface area contributed by atoms with Gasteiger partial charge < -0.3 is 30.6 Å². The van der Waals surface area contributed by atoms with E-state index in [-0.39, 0.29) is 11.8 Å². The largest absolute Gasteiger partial charge is 0.396 e. The number of aliphatic hydroxyl groups is 2. The van der Waals surface area contributed by atoms with Crippen LogP contribution in [0.4, 0.5) is 5.82 Å². The van der Waals surface area contributed by atoms with Gasteiger partial charge in [0.05, 0.1) is 23.2 Å². The molecule has 0 saturated carbocycles. The summed E-state index contributed by atoms with van der Waals surface area (Å²) in [5.41, 5.74) is 6.42. The highest BCUT2D eigenvalue weighted by Crippen LogP contribution is 2.31. The second kappa shape index (κ2) is 19.2. The van der Waals surface area contributed by atoms with Crippen LogP contribution in [0, 0.1) is 11.3 Å². The quantitative estimate of drug-likeness (QED) is 0.215. The molecule has 3 aromatic rings. The molecule has 0 spiro atoms. The number of nitrogens with two attached hydrogens (primary N) is 1. The Morgan fingerprint density at radius 2 is 1.67 bits per heavy atom. The number of hydrogen-bond acceptors (Lipinski definition) is 7. The Kier molecular flexibility index (Phi) is 17.9. The summed E-state index contributed by atoms with van der Waals surface area (Å²) in [5.74, 6) is 1.19. The van der Waals surface area contributed by atoms with Gasteiger partial charge in [-0.2, -0.15) is 0 Å². The predicted octanol–water partition coefficient (Wildman–Crippen LogP) is 6.20. The highest BCUT2D eigenvalue weighted by molar-refractivity contribution is 6.09. The van der Waals surface area contributed by atoms with Gasteiger partial charge in [-0.1, -0.05) is 73.6 Å². The van der Waals surface area contributed by atoms with Crippen molar-refractivity contribution in [1.82, 2.24) is 14.5 Å². The van der Waals surface area contributed by atoms with Crippen molar-refractivity contribution in [1.29, 1.82) is 0 Å². The summed E-state index contributed by atoms with van der Waals surface area (Å²) in [6.45, 7) is 23.0. The molecule has 1 aromatic carbocycles. The van der Waals surface area contributed by atoms with Crippen molar-refractivity contribution in [2.45, 2.75) is 114 Å². The van der Waals surface area contributed by atoms with Gasteiger partial charge >= 0.3 is 0 Å². The van der Waals surface area contributed by atoms with Crippen LogP contribution in [0.1, 0.15) is 101 Å². The molecular weight excluding hydrogens is 546 g/mol. The number of para-hydroxylation sites is 1. The first kappa shape index (κ1) is 39.9. The molecule has 43 heavy (non-hydrogen) atoms. The molecule has 5 N–H and O–H groups in total. The topological polar surface area (TPSA) is 153 Å². The summed E-state index contributed by atoms with van der Waals surface area (Å²) in [7, 11) is 0. The fourth-order valence-electron chi connectivity index (χ4n) is 3.79. The average Bonchev–Trinajstić information content (AvgIpc) is 3.25. The highest BCUT2D eigenvalue weighted by Gasteiger charge is 2.23. The fourth-order valence-corrected chi connectivity index (χ4v) is 3.79. The van der Waals surface area contributed by atoms with Crippen molar-refractivity contribution < 1.29 is 24.5 Å². The van der Waals surface area contributed by atoms with E-state index in [1.165, 1.54) is 0 Å². The Balaban J connectivity index is 0.000000911. The van der Waals surface area contributed by atoms with E-state index < -0.39 is 5.60 Å². The summed E-state index contributed by atoms with van der Waals surface area (Å²) in [4.78, 5) is 31.4. The molecule has 2 heterocycles. The zero-order valence-corrected chi connectivity index (χ0v) is 28.4. The summed E-state index contributed by atoms with van der Waals surface area (Å²) >= 11 is 0. The molecule has 0 bridgehead atoms. The van der Waals surface area contributed by atoms with Crippen molar-refractivity contribution in [3.63, 3.8) is 0 Å².